The van der Waals surface area contributed by atoms with Crippen molar-refractivity contribution in [1.29, 1.82) is 0 Å². The summed E-state index contributed by atoms with van der Waals surface area (Å²) in [4.78, 5) is 14.6. The van der Waals surface area contributed by atoms with E-state index in [-0.39, 0.29) is 38.6 Å². The predicted octanol–water partition coefficient (Wildman–Crippen LogP) is 38.8. The summed E-state index contributed by atoms with van der Waals surface area (Å²) in [6.45, 7) is 84.3. The van der Waals surface area contributed by atoms with E-state index in [1.807, 2.05) is 37.0 Å². The van der Waals surface area contributed by atoms with Gasteiger partial charge in [-0.05, 0) is 261 Å². The minimum Gasteiger partial charge on any atom is -0.542 e. The van der Waals surface area contributed by atoms with Crippen molar-refractivity contribution in [3.8, 4) is 0 Å². The van der Waals surface area contributed by atoms with Gasteiger partial charge >= 0.3 is 6.18 Å². The van der Waals surface area contributed by atoms with Gasteiger partial charge in [0.2, 0.25) is 0 Å². The molecular weight excluding hydrogens is 1800 g/mol. The largest absolute Gasteiger partial charge is 0.542 e. The predicted molar refractivity (Wildman–Crippen MR) is 613 cm³/mol. The Kier molecular flexibility index (Phi) is 76.8. The number of aryl methyl sites for hydroxylation is 3. The standard InChI is InChI=1S/3C13H17N.C12H15N.2C10H14.C9H19N.C9H18.C8H16.C7H12N2.C6H12.C5H9F3.C5H12.C4H9.C2H3O.C2H6.Y/c2*1-10(2)9-14-7-6-12-8-11(3)4-5-13(12)14;1-10(2)8-11-9-14(3)13-7-5-4-6-12(11)13;1-9(2)7-10-8-13-12-6-4-3-5-11(10)12;3*1-9(2)8-10-6-4-3-5-7-10;1-8(2)9-6-4-3-5-7-9;1-7(2)8-5-3-4-6-8;1-7(2)6-9-5-3-4-8-9;1-5(2)6-3-4-6;1-4(2)3-5(6,7)8;1-4-5(2)3;1-4(2)3;1-2-3;1-2;/h2*4-8,10H,9H2,1-3H3;4-7,9-10H,8H2,1-3H3;3-6,8-9,13H,7H2,1-2H3;2*3-7,9H,8H2,1-2H3;9H,3-8H2,1-2H3;8-9H,3-7H2,1-2H3;7-8H,3-6H2,1-2H3;3-5,7H,6H2,1-2H3;5-6H,3-4H2,1-2H3;4H,3H2,1-2H3;5H,4H2,1-3H3;4H,1H2,2-3H3;1H3;1-2H3;/q;;;;;;;;;;;;;2*-1;;. The maximum Gasteiger partial charge on any atom is 0.389 e. The first-order valence-electron chi connectivity index (χ1n) is 54.8. The van der Waals surface area contributed by atoms with E-state index in [9.17, 15) is 13.2 Å². The molecule has 0 spiro atoms. The van der Waals surface area contributed by atoms with Crippen molar-refractivity contribution >= 4 is 49.9 Å². The number of aromatic nitrogens is 6. The van der Waals surface area contributed by atoms with Gasteiger partial charge in [-0.1, -0.05) is 406 Å². The van der Waals surface area contributed by atoms with Crippen molar-refractivity contribution in [3.05, 3.63) is 241 Å². The number of rotatable bonds is 21. The van der Waals surface area contributed by atoms with Gasteiger partial charge in [0, 0.05) is 142 Å². The molecule has 1 saturated heterocycles. The number of carbonyl (C=O) groups excluding carboxylic acids is 1. The summed E-state index contributed by atoms with van der Waals surface area (Å²) >= 11 is 0. The minimum atomic E-state index is -3.98. The third-order valence-corrected chi connectivity index (χ3v) is 24.0. The Morgan fingerprint density at radius 1 is 0.414 bits per heavy atom. The number of para-hydroxylation sites is 2. The average Bonchev–Trinajstić information content (AvgIpc) is 1.67. The summed E-state index contributed by atoms with van der Waals surface area (Å²) < 4.78 is 42.7. The van der Waals surface area contributed by atoms with Gasteiger partial charge in [-0.2, -0.15) is 31.1 Å². The second-order valence-electron chi connectivity index (χ2n) is 44.9. The van der Waals surface area contributed by atoms with Gasteiger partial charge in [-0.3, -0.25) is 11.0 Å². The molecule has 0 bridgehead atoms. The van der Waals surface area contributed by atoms with E-state index >= 15 is 0 Å². The third-order valence-electron chi connectivity index (χ3n) is 24.0. The Labute approximate surface area is 885 Å². The molecular formula is C128H210F3N7OY-2. The van der Waals surface area contributed by atoms with Crippen LogP contribution in [-0.4, -0.2) is 65.5 Å². The van der Waals surface area contributed by atoms with E-state index in [4.69, 9.17) is 4.79 Å². The van der Waals surface area contributed by atoms with Crippen molar-refractivity contribution in [1.82, 2.24) is 33.4 Å². The van der Waals surface area contributed by atoms with Gasteiger partial charge in [0.25, 0.3) is 0 Å². The monoisotopic (exact) mass is 2010 g/mol. The van der Waals surface area contributed by atoms with E-state index in [2.05, 4.69) is 426 Å². The van der Waals surface area contributed by atoms with Gasteiger partial charge in [-0.15, -0.1) is 0 Å². The van der Waals surface area contributed by atoms with Gasteiger partial charge < -0.3 is 35.3 Å². The Morgan fingerprint density at radius 3 is 1.11 bits per heavy atom. The van der Waals surface area contributed by atoms with Crippen LogP contribution in [0.15, 0.2) is 201 Å². The number of hydrogen-bond acceptors (Lipinski definition) is 3. The molecule has 789 valence electrons. The number of aromatic amines is 1. The van der Waals surface area contributed by atoms with Crippen LogP contribution in [-0.2, 0) is 89.9 Å². The van der Waals surface area contributed by atoms with Crippen LogP contribution in [0.1, 0.15) is 358 Å². The zero-order chi connectivity index (χ0) is 105. The molecule has 0 atom stereocenters. The molecule has 6 heterocycles. The zero-order valence-electron chi connectivity index (χ0n) is 96.3. The van der Waals surface area contributed by atoms with Gasteiger partial charge in [0.15, 0.2) is 0 Å². The van der Waals surface area contributed by atoms with E-state index in [0.29, 0.717) is 23.7 Å². The number of likely N-dealkylation sites (tertiary alicyclic amines) is 1. The molecule has 12 heteroatoms. The van der Waals surface area contributed by atoms with Crippen LogP contribution in [0.2, 0.25) is 0 Å². The van der Waals surface area contributed by atoms with E-state index < -0.39 is 12.6 Å². The number of nitrogens with one attached hydrogen (secondary N) is 1. The first-order valence-corrected chi connectivity index (χ1v) is 54.8. The van der Waals surface area contributed by atoms with Gasteiger partial charge in [0.05, 0.1) is 0 Å². The zero-order valence-corrected chi connectivity index (χ0v) is 99.1. The minimum absolute atomic E-state index is 0. The molecule has 0 amide bonds. The fourth-order valence-electron chi connectivity index (χ4n) is 16.8. The molecule has 11 aromatic rings. The van der Waals surface area contributed by atoms with E-state index in [1.54, 1.807) is 13.8 Å². The molecule has 3 aliphatic carbocycles. The van der Waals surface area contributed by atoms with Crippen LogP contribution in [0.3, 0.4) is 0 Å². The molecule has 8 nitrogen and oxygen atoms in total. The number of nitrogens with zero attached hydrogens (tertiary/aromatic N) is 6. The second-order valence-corrected chi connectivity index (χ2v) is 44.9. The van der Waals surface area contributed by atoms with Crippen molar-refractivity contribution in [2.75, 3.05) is 19.6 Å². The second kappa shape index (κ2) is 79.5. The summed E-state index contributed by atoms with van der Waals surface area (Å²) in [6, 6.07) is 57.9. The van der Waals surface area contributed by atoms with Crippen LogP contribution >= 0.6 is 0 Å². The molecule has 1 aliphatic heterocycles. The number of fused-ring (bicyclic) bond motifs is 4. The van der Waals surface area contributed by atoms with Crippen LogP contribution in [0.25, 0.3) is 43.6 Å². The quantitative estimate of drug-likeness (QED) is 0.0729. The first-order chi connectivity index (χ1) is 65.7. The first kappa shape index (κ1) is 135. The summed E-state index contributed by atoms with van der Waals surface area (Å²) in [6.07, 6.45) is 36.1. The average molecular weight is 2010 g/mol. The number of benzene rings is 6. The Balaban J connectivity index is 0. The number of halogens is 3. The molecule has 0 unspecified atom stereocenters. The van der Waals surface area contributed by atoms with Gasteiger partial charge in [-0.25, -0.2) is 0 Å². The molecule has 1 radical (unpaired) electrons. The number of alkyl halides is 3. The summed E-state index contributed by atoms with van der Waals surface area (Å²) in [5, 5.41) is 9.56. The maximum absolute atomic E-state index is 11.3. The Hall–Kier alpha value is -6.79. The van der Waals surface area contributed by atoms with Crippen molar-refractivity contribution in [3.63, 3.8) is 0 Å². The fourth-order valence-corrected chi connectivity index (χ4v) is 16.8. The number of piperidine rings is 1. The van der Waals surface area contributed by atoms with Crippen molar-refractivity contribution < 1.29 is 50.7 Å². The Morgan fingerprint density at radius 2 is 0.779 bits per heavy atom. The van der Waals surface area contributed by atoms with Crippen LogP contribution in [0.5, 0.6) is 0 Å². The smallest absolute Gasteiger partial charge is 0.389 e. The van der Waals surface area contributed by atoms with Crippen LogP contribution < -0.4 is 0 Å². The molecule has 140 heavy (non-hydrogen) atoms. The van der Waals surface area contributed by atoms with Crippen molar-refractivity contribution in [2.24, 2.45) is 108 Å². The van der Waals surface area contributed by atoms with Crippen LogP contribution in [0, 0.1) is 121 Å². The van der Waals surface area contributed by atoms with E-state index in [1.165, 1.54) is 225 Å². The molecule has 4 aliphatic rings. The normalized spacial score (nSPS) is 13.4. The topological polar surface area (TPSA) is 68.7 Å². The van der Waals surface area contributed by atoms with Crippen LogP contribution in [0.4, 0.5) is 13.2 Å². The summed E-state index contributed by atoms with van der Waals surface area (Å²) in [5.41, 5.74) is 13.7. The summed E-state index contributed by atoms with van der Waals surface area (Å²) in [7, 11) is 2.12. The van der Waals surface area contributed by atoms with Crippen molar-refractivity contribution in [2.45, 2.75) is 390 Å². The summed E-state index contributed by atoms with van der Waals surface area (Å²) in [5.74, 6) is 13.2. The number of H-pyrrole nitrogens is 1. The number of hydrogen-bond donors (Lipinski definition) is 1. The maximum atomic E-state index is 11.3. The Bertz CT molecular complexity index is 4520. The molecule has 6 aromatic carbocycles. The molecule has 3 saturated carbocycles. The molecule has 5 aromatic heterocycles. The molecule has 15 rings (SSSR count). The van der Waals surface area contributed by atoms with E-state index in [0.717, 1.165) is 97.1 Å². The SMILES string of the molecule is CC.CC(C)C1CC1.CC(C)C1CCCC1.CC(C)C1CCCCC1.CC(C)CC(F)(F)F.CC(C)CN1CCCCC1.CC(C)Cc1c[nH]c2ccccc12.CC(C)Cc1ccccc1.CC(C)Cc1ccccc1.CC(C)Cc1cn(C)c2ccccc12.CC(C)Cn1cccn1.CCC(C)C.C[C-]=O.Cc1ccc2c(ccn2CC(C)C)c1.Cc1ccc2c(ccn2CC(C)C)c1.[CH2-]C(C)C.[Y]. The molecule has 4 fully saturated rings. The molecule has 1 N–H and O–H groups in total. The third kappa shape index (κ3) is 68.5. The fraction of sp³-hybridized carbons (Fsp3) is 0.617. The van der Waals surface area contributed by atoms with Gasteiger partial charge in [0.1, 0.15) is 0 Å².